The van der Waals surface area contributed by atoms with Crippen LogP contribution in [0.3, 0.4) is 0 Å². The van der Waals surface area contributed by atoms with Gasteiger partial charge >= 0.3 is 5.97 Å². The topological polar surface area (TPSA) is 111 Å². The molecule has 0 saturated carbocycles. The standard InChI is InChI=1S/C16H21N3O6/c1-3-17-15(20)11(2)25-16(21)12-4-5-13(14(10-12)19(22)23)18-6-8-24-9-7-18/h4-5,10-11H,3,6-9H2,1-2H3,(H,17,20). The summed E-state index contributed by atoms with van der Waals surface area (Å²) in [7, 11) is 0. The van der Waals surface area contributed by atoms with E-state index in [4.69, 9.17) is 9.47 Å². The molecule has 1 fully saturated rings. The van der Waals surface area contributed by atoms with Crippen LogP contribution in [0.5, 0.6) is 0 Å². The first-order chi connectivity index (χ1) is 11.9. The van der Waals surface area contributed by atoms with E-state index in [0.717, 1.165) is 0 Å². The van der Waals surface area contributed by atoms with Crippen molar-refractivity contribution in [2.75, 3.05) is 37.7 Å². The van der Waals surface area contributed by atoms with E-state index in [0.29, 0.717) is 38.5 Å². The number of esters is 1. The molecule has 1 aromatic rings. The van der Waals surface area contributed by atoms with Crippen molar-refractivity contribution in [1.82, 2.24) is 5.32 Å². The van der Waals surface area contributed by atoms with Crippen molar-refractivity contribution in [2.45, 2.75) is 20.0 Å². The Bertz CT molecular complexity index is 657. The fourth-order valence-corrected chi connectivity index (χ4v) is 2.47. The van der Waals surface area contributed by atoms with Crippen molar-refractivity contribution in [2.24, 2.45) is 0 Å². The largest absolute Gasteiger partial charge is 0.449 e. The summed E-state index contributed by atoms with van der Waals surface area (Å²) in [6.07, 6.45) is -0.981. The zero-order valence-electron chi connectivity index (χ0n) is 14.2. The van der Waals surface area contributed by atoms with E-state index in [-0.39, 0.29) is 11.3 Å². The van der Waals surface area contributed by atoms with Crippen molar-refractivity contribution in [3.63, 3.8) is 0 Å². The third-order valence-electron chi connectivity index (χ3n) is 3.76. The second kappa shape index (κ2) is 8.43. The van der Waals surface area contributed by atoms with Gasteiger partial charge in [-0.05, 0) is 26.0 Å². The summed E-state index contributed by atoms with van der Waals surface area (Å²) in [5.74, 6) is -1.20. The fraction of sp³-hybridized carbons (Fsp3) is 0.500. The smallest absolute Gasteiger partial charge is 0.339 e. The van der Waals surface area contributed by atoms with E-state index in [2.05, 4.69) is 5.32 Å². The van der Waals surface area contributed by atoms with Gasteiger partial charge in [0.25, 0.3) is 11.6 Å². The number of carbonyl (C=O) groups excluding carboxylic acids is 2. The van der Waals surface area contributed by atoms with E-state index < -0.39 is 22.9 Å². The number of likely N-dealkylation sites (N-methyl/N-ethyl adjacent to an activating group) is 1. The molecular formula is C16H21N3O6. The normalized spacial score (nSPS) is 15.4. The summed E-state index contributed by atoms with van der Waals surface area (Å²) in [5.41, 5.74) is 0.281. The third kappa shape index (κ3) is 4.66. The summed E-state index contributed by atoms with van der Waals surface area (Å²) in [4.78, 5) is 36.5. The minimum atomic E-state index is -0.981. The number of nitrogens with zero attached hydrogens (tertiary/aromatic N) is 2. The molecule has 1 aliphatic rings. The summed E-state index contributed by atoms with van der Waals surface area (Å²) < 4.78 is 10.3. The number of ether oxygens (including phenoxy) is 2. The van der Waals surface area contributed by atoms with Gasteiger partial charge in [0.2, 0.25) is 0 Å². The number of nitrogens with one attached hydrogen (secondary N) is 1. The molecule has 1 amide bonds. The lowest BCUT2D eigenvalue weighted by molar-refractivity contribution is -0.384. The maximum atomic E-state index is 12.2. The van der Waals surface area contributed by atoms with Crippen LogP contribution >= 0.6 is 0 Å². The number of benzene rings is 1. The van der Waals surface area contributed by atoms with Gasteiger partial charge in [0.15, 0.2) is 6.10 Å². The molecule has 0 radical (unpaired) electrons. The van der Waals surface area contributed by atoms with Crippen LogP contribution in [0.2, 0.25) is 0 Å². The molecule has 136 valence electrons. The van der Waals surface area contributed by atoms with Crippen LogP contribution in [0, 0.1) is 10.1 Å². The number of nitro groups is 1. The SMILES string of the molecule is CCNC(=O)C(C)OC(=O)c1ccc(N2CCOCC2)c([N+](=O)[O-])c1. The lowest BCUT2D eigenvalue weighted by Crippen LogP contribution is -2.36. The Labute approximate surface area is 145 Å². The van der Waals surface area contributed by atoms with Gasteiger partial charge in [-0.1, -0.05) is 0 Å². The average Bonchev–Trinajstić information content (AvgIpc) is 2.62. The number of hydrogen-bond acceptors (Lipinski definition) is 7. The predicted octanol–water partition coefficient (Wildman–Crippen LogP) is 1.11. The van der Waals surface area contributed by atoms with Crippen LogP contribution in [0.25, 0.3) is 0 Å². The van der Waals surface area contributed by atoms with E-state index in [1.54, 1.807) is 6.92 Å². The Morgan fingerprint density at radius 3 is 2.68 bits per heavy atom. The molecule has 9 nitrogen and oxygen atoms in total. The molecule has 1 atom stereocenters. The molecule has 0 spiro atoms. The molecule has 1 saturated heterocycles. The highest BCUT2D eigenvalue weighted by Crippen LogP contribution is 2.30. The minimum absolute atomic E-state index is 0.0276. The highest BCUT2D eigenvalue weighted by atomic mass is 16.6. The van der Waals surface area contributed by atoms with Crippen LogP contribution in [-0.2, 0) is 14.3 Å². The zero-order chi connectivity index (χ0) is 18.4. The van der Waals surface area contributed by atoms with Crippen molar-refractivity contribution in [1.29, 1.82) is 0 Å². The average molecular weight is 351 g/mol. The van der Waals surface area contributed by atoms with E-state index in [1.165, 1.54) is 25.1 Å². The Morgan fingerprint density at radius 2 is 2.08 bits per heavy atom. The first-order valence-corrected chi connectivity index (χ1v) is 8.03. The van der Waals surface area contributed by atoms with Gasteiger partial charge in [0.05, 0.1) is 23.7 Å². The van der Waals surface area contributed by atoms with Crippen molar-refractivity contribution < 1.29 is 24.0 Å². The number of carbonyl (C=O) groups is 2. The van der Waals surface area contributed by atoms with E-state index in [9.17, 15) is 19.7 Å². The van der Waals surface area contributed by atoms with Crippen LogP contribution < -0.4 is 10.2 Å². The molecule has 0 aromatic heterocycles. The van der Waals surface area contributed by atoms with Crippen molar-refractivity contribution in [3.05, 3.63) is 33.9 Å². The van der Waals surface area contributed by atoms with Gasteiger partial charge in [-0.15, -0.1) is 0 Å². The molecule has 1 unspecified atom stereocenters. The Hall–Kier alpha value is -2.68. The van der Waals surface area contributed by atoms with Gasteiger partial charge in [0, 0.05) is 25.7 Å². The Kier molecular flexibility index (Phi) is 6.29. The molecule has 2 rings (SSSR count). The molecule has 1 N–H and O–H groups in total. The third-order valence-corrected chi connectivity index (χ3v) is 3.76. The summed E-state index contributed by atoms with van der Waals surface area (Å²) in [6.45, 7) is 5.67. The number of morpholine rings is 1. The van der Waals surface area contributed by atoms with Crippen LogP contribution in [0.4, 0.5) is 11.4 Å². The molecule has 25 heavy (non-hydrogen) atoms. The lowest BCUT2D eigenvalue weighted by atomic mass is 10.1. The monoisotopic (exact) mass is 351 g/mol. The number of amides is 1. The number of nitro benzene ring substituents is 1. The quantitative estimate of drug-likeness (QED) is 0.464. The van der Waals surface area contributed by atoms with Crippen LogP contribution in [-0.4, -0.2) is 55.8 Å². The maximum Gasteiger partial charge on any atom is 0.339 e. The van der Waals surface area contributed by atoms with Gasteiger partial charge in [-0.3, -0.25) is 14.9 Å². The highest BCUT2D eigenvalue weighted by Gasteiger charge is 2.25. The second-order valence-corrected chi connectivity index (χ2v) is 5.50. The van der Waals surface area contributed by atoms with Gasteiger partial charge in [-0.25, -0.2) is 4.79 Å². The predicted molar refractivity (Wildman–Crippen MR) is 89.7 cm³/mol. The van der Waals surface area contributed by atoms with E-state index >= 15 is 0 Å². The fourth-order valence-electron chi connectivity index (χ4n) is 2.47. The molecular weight excluding hydrogens is 330 g/mol. The molecule has 0 bridgehead atoms. The van der Waals surface area contributed by atoms with Crippen LogP contribution in [0.1, 0.15) is 24.2 Å². The molecule has 1 aromatic carbocycles. The summed E-state index contributed by atoms with van der Waals surface area (Å²) in [5, 5.41) is 13.9. The van der Waals surface area contributed by atoms with E-state index in [1.807, 2.05) is 4.90 Å². The first-order valence-electron chi connectivity index (χ1n) is 8.03. The Balaban J connectivity index is 2.18. The Morgan fingerprint density at radius 1 is 1.40 bits per heavy atom. The first kappa shape index (κ1) is 18.7. The number of rotatable bonds is 6. The summed E-state index contributed by atoms with van der Waals surface area (Å²) in [6, 6.07) is 4.17. The number of hydrogen-bond donors (Lipinski definition) is 1. The van der Waals surface area contributed by atoms with Crippen molar-refractivity contribution in [3.8, 4) is 0 Å². The molecule has 1 heterocycles. The van der Waals surface area contributed by atoms with Gasteiger partial charge in [-0.2, -0.15) is 0 Å². The zero-order valence-corrected chi connectivity index (χ0v) is 14.2. The lowest BCUT2D eigenvalue weighted by Gasteiger charge is -2.28. The van der Waals surface area contributed by atoms with Gasteiger partial charge < -0.3 is 19.7 Å². The number of anilines is 1. The molecule has 9 heteroatoms. The molecule has 1 aliphatic heterocycles. The van der Waals surface area contributed by atoms with Gasteiger partial charge in [0.1, 0.15) is 5.69 Å². The summed E-state index contributed by atoms with van der Waals surface area (Å²) >= 11 is 0. The highest BCUT2D eigenvalue weighted by molar-refractivity contribution is 5.93. The molecule has 0 aliphatic carbocycles. The minimum Gasteiger partial charge on any atom is -0.449 e. The maximum absolute atomic E-state index is 12.2. The van der Waals surface area contributed by atoms with Crippen LogP contribution in [0.15, 0.2) is 18.2 Å². The van der Waals surface area contributed by atoms with Crippen molar-refractivity contribution >= 4 is 23.3 Å². The second-order valence-electron chi connectivity index (χ2n) is 5.50.